The number of aliphatic hydroxyl groups is 5. The van der Waals surface area contributed by atoms with Crippen LogP contribution in [-0.2, 0) is 4.79 Å². The molecular weight excluding hydrogens is 747 g/mol. The second-order valence-corrected chi connectivity index (χ2v) is 19.6. The Kier molecular flexibility index (Phi) is 40.3. The summed E-state index contributed by atoms with van der Waals surface area (Å²) < 4.78 is 0. The van der Waals surface area contributed by atoms with Crippen LogP contribution in [0.4, 0.5) is 0 Å². The number of hydrogen-bond donors (Lipinski definition) is 6. The van der Waals surface area contributed by atoms with E-state index >= 15 is 0 Å². The van der Waals surface area contributed by atoms with Gasteiger partial charge in [0.15, 0.2) is 0 Å². The molecule has 6 N–H and O–H groups in total. The van der Waals surface area contributed by atoms with Gasteiger partial charge in [-0.3, -0.25) is 4.79 Å². The monoisotopic (exact) mass is 852 g/mol. The van der Waals surface area contributed by atoms with Crippen molar-refractivity contribution in [3.8, 4) is 0 Å². The minimum absolute atomic E-state index is 0.0175. The summed E-state index contributed by atoms with van der Waals surface area (Å²) in [7, 11) is 0. The summed E-state index contributed by atoms with van der Waals surface area (Å²) in [6.45, 7) is 4.31. The summed E-state index contributed by atoms with van der Waals surface area (Å²) in [6.07, 6.45) is 47.3. The van der Waals surface area contributed by atoms with Gasteiger partial charge in [0.25, 0.3) is 0 Å². The number of carbonyl (C=O) groups excluding carboxylic acids is 1. The summed E-state index contributed by atoms with van der Waals surface area (Å²) >= 11 is 0. The van der Waals surface area contributed by atoms with Crippen LogP contribution in [0, 0.1) is 11.8 Å². The molecule has 358 valence electrons. The van der Waals surface area contributed by atoms with Crippen LogP contribution in [0.5, 0.6) is 0 Å². The fourth-order valence-electron chi connectivity index (χ4n) is 9.75. The van der Waals surface area contributed by atoms with Crippen LogP contribution in [0.15, 0.2) is 0 Å². The highest BCUT2D eigenvalue weighted by atomic mass is 16.4. The molecule has 0 bridgehead atoms. The van der Waals surface area contributed by atoms with Crippen molar-refractivity contribution in [3.05, 3.63) is 0 Å². The van der Waals surface area contributed by atoms with Crippen molar-refractivity contribution in [2.75, 3.05) is 6.61 Å². The minimum Gasteiger partial charge on any atom is -0.396 e. The van der Waals surface area contributed by atoms with Crippen LogP contribution >= 0.6 is 0 Å². The zero-order valence-electron chi connectivity index (χ0n) is 40.1. The summed E-state index contributed by atoms with van der Waals surface area (Å²) in [5.74, 6) is -0.811. The van der Waals surface area contributed by atoms with E-state index in [1.54, 1.807) is 0 Å². The third-order valence-electron chi connectivity index (χ3n) is 14.0. The van der Waals surface area contributed by atoms with Gasteiger partial charge in [-0.25, -0.2) is 0 Å². The Morgan fingerprint density at radius 2 is 0.767 bits per heavy atom. The van der Waals surface area contributed by atoms with Gasteiger partial charge in [0, 0.05) is 18.9 Å². The molecule has 1 fully saturated rings. The Morgan fingerprint density at radius 1 is 0.450 bits per heavy atom. The predicted octanol–water partition coefficient (Wildman–Crippen LogP) is 13.6. The standard InChI is InChI=1S/C53H105NO6/c1-3-5-7-9-11-13-15-17-18-19-20-21-22-23-24-25-26-27-29-31-33-35-37-39-41-50(57)54-48(43-42-46-44-47(45-55)52(59)53(60)51(46)58)49(56)40-38-36-34-32-30-28-16-14-12-10-8-6-4-2/h46-49,51-53,55-56,58-60H,3-45H2,1-2H3,(H,54,57)/t46-,47+,48-,49+,51-,52-,53+/m0/s1. The average molecular weight is 852 g/mol. The quantitative estimate of drug-likeness (QED) is 0.0338. The van der Waals surface area contributed by atoms with Crippen molar-refractivity contribution in [2.45, 2.75) is 314 Å². The third-order valence-corrected chi connectivity index (χ3v) is 14.0. The van der Waals surface area contributed by atoms with Gasteiger partial charge < -0.3 is 30.8 Å². The van der Waals surface area contributed by atoms with E-state index in [-0.39, 0.29) is 18.4 Å². The van der Waals surface area contributed by atoms with E-state index in [4.69, 9.17) is 0 Å². The highest BCUT2D eigenvalue weighted by Gasteiger charge is 2.42. The van der Waals surface area contributed by atoms with E-state index in [2.05, 4.69) is 19.2 Å². The lowest BCUT2D eigenvalue weighted by molar-refractivity contribution is -0.143. The molecule has 1 aliphatic carbocycles. The number of rotatable bonds is 45. The molecule has 0 aromatic heterocycles. The molecule has 0 aromatic carbocycles. The predicted molar refractivity (Wildman–Crippen MR) is 255 cm³/mol. The smallest absolute Gasteiger partial charge is 0.220 e. The molecule has 0 spiro atoms. The molecule has 60 heavy (non-hydrogen) atoms. The van der Waals surface area contributed by atoms with Gasteiger partial charge in [-0.1, -0.05) is 245 Å². The largest absolute Gasteiger partial charge is 0.396 e. The van der Waals surface area contributed by atoms with Crippen molar-refractivity contribution in [2.24, 2.45) is 11.8 Å². The van der Waals surface area contributed by atoms with Crippen LogP contribution in [-0.4, -0.2) is 68.5 Å². The van der Waals surface area contributed by atoms with Crippen molar-refractivity contribution >= 4 is 5.91 Å². The Hall–Kier alpha value is -0.730. The van der Waals surface area contributed by atoms with Crippen LogP contribution in [0.3, 0.4) is 0 Å². The maximum absolute atomic E-state index is 13.1. The molecule has 1 rings (SSSR count). The van der Waals surface area contributed by atoms with E-state index < -0.39 is 36.4 Å². The minimum atomic E-state index is -1.30. The van der Waals surface area contributed by atoms with Gasteiger partial charge in [0.2, 0.25) is 5.91 Å². The molecule has 0 radical (unpaired) electrons. The third kappa shape index (κ3) is 32.0. The van der Waals surface area contributed by atoms with E-state index in [1.807, 2.05) is 0 Å². The molecule has 0 aromatic rings. The van der Waals surface area contributed by atoms with Crippen molar-refractivity contribution in [3.63, 3.8) is 0 Å². The van der Waals surface area contributed by atoms with Crippen LogP contribution in [0.1, 0.15) is 284 Å². The lowest BCUT2D eigenvalue weighted by Crippen LogP contribution is -2.52. The summed E-state index contributed by atoms with van der Waals surface area (Å²) in [4.78, 5) is 13.1. The lowest BCUT2D eigenvalue weighted by Gasteiger charge is -2.40. The fraction of sp³-hybridized carbons (Fsp3) is 0.981. The number of aliphatic hydroxyl groups excluding tert-OH is 5. The molecule has 1 aliphatic rings. The van der Waals surface area contributed by atoms with Crippen LogP contribution in [0.25, 0.3) is 0 Å². The molecule has 7 heteroatoms. The maximum atomic E-state index is 13.1. The molecule has 1 amide bonds. The fourth-order valence-corrected chi connectivity index (χ4v) is 9.75. The van der Waals surface area contributed by atoms with Gasteiger partial charge >= 0.3 is 0 Å². The molecule has 7 nitrogen and oxygen atoms in total. The molecule has 1 saturated carbocycles. The van der Waals surface area contributed by atoms with Gasteiger partial charge in [0.05, 0.1) is 24.4 Å². The van der Waals surface area contributed by atoms with E-state index in [1.165, 1.54) is 205 Å². The highest BCUT2D eigenvalue weighted by molar-refractivity contribution is 5.76. The molecule has 0 heterocycles. The number of unbranched alkanes of at least 4 members (excludes halogenated alkanes) is 35. The molecule has 7 atom stereocenters. The van der Waals surface area contributed by atoms with Crippen molar-refractivity contribution < 1.29 is 30.3 Å². The Bertz CT molecular complexity index is 903. The first-order valence-electron chi connectivity index (χ1n) is 27.0. The second-order valence-electron chi connectivity index (χ2n) is 19.6. The van der Waals surface area contributed by atoms with Crippen molar-refractivity contribution in [1.29, 1.82) is 0 Å². The summed E-state index contributed by atoms with van der Waals surface area (Å²) in [6, 6.07) is -0.409. The average Bonchev–Trinajstić information content (AvgIpc) is 3.25. The number of nitrogens with one attached hydrogen (secondary N) is 1. The maximum Gasteiger partial charge on any atom is 0.220 e. The second kappa shape index (κ2) is 42.2. The number of hydrogen-bond acceptors (Lipinski definition) is 6. The first-order chi connectivity index (χ1) is 29.3. The highest BCUT2D eigenvalue weighted by Crippen LogP contribution is 2.33. The van der Waals surface area contributed by atoms with E-state index in [0.717, 1.165) is 32.1 Å². The molecular formula is C53H105NO6. The zero-order chi connectivity index (χ0) is 43.7. The van der Waals surface area contributed by atoms with E-state index in [0.29, 0.717) is 32.1 Å². The number of amides is 1. The molecule has 0 saturated heterocycles. The Morgan fingerprint density at radius 3 is 1.12 bits per heavy atom. The zero-order valence-corrected chi connectivity index (χ0v) is 40.1. The first-order valence-corrected chi connectivity index (χ1v) is 27.0. The first kappa shape index (κ1) is 57.3. The van der Waals surface area contributed by atoms with Gasteiger partial charge in [-0.05, 0) is 38.0 Å². The van der Waals surface area contributed by atoms with Gasteiger partial charge in [-0.15, -0.1) is 0 Å². The SMILES string of the molecule is CCCCCCCCCCCCCCCCCCCCCCCCCCC(=O)N[C@@H](CC[C@H]1C[C@H](CO)[C@H](O)[C@H](O)[C@H]1O)[C@H](O)CCCCCCCCCCCCCCC. The Balaban J connectivity index is 2.19. The lowest BCUT2D eigenvalue weighted by atomic mass is 9.73. The van der Waals surface area contributed by atoms with E-state index in [9.17, 15) is 30.3 Å². The molecule has 0 aliphatic heterocycles. The Labute approximate surface area is 372 Å². The van der Waals surface area contributed by atoms with Gasteiger partial charge in [0.1, 0.15) is 6.10 Å². The summed E-state index contributed by atoms with van der Waals surface area (Å²) in [5.41, 5.74) is 0. The van der Waals surface area contributed by atoms with Crippen LogP contribution in [0.2, 0.25) is 0 Å². The van der Waals surface area contributed by atoms with Gasteiger partial charge in [-0.2, -0.15) is 0 Å². The topological polar surface area (TPSA) is 130 Å². The van der Waals surface area contributed by atoms with Crippen LogP contribution < -0.4 is 5.32 Å². The summed E-state index contributed by atoms with van der Waals surface area (Å²) in [5, 5.41) is 55.5. The normalized spacial score (nSPS) is 20.4. The number of carbonyl (C=O) groups is 1. The van der Waals surface area contributed by atoms with Crippen molar-refractivity contribution in [1.82, 2.24) is 5.32 Å². The molecule has 0 unspecified atom stereocenters.